The first-order valence-electron chi connectivity index (χ1n) is 9.08. The number of rotatable bonds is 5. The molecule has 0 saturated heterocycles. The SMILES string of the molecule is COc1cc(C2CC2)ncc1C1=CC(C(=O)NC2=C(F)C=NCC2F)NN1C. The van der Waals surface area contributed by atoms with Gasteiger partial charge in [0.05, 0.1) is 36.8 Å². The molecule has 2 N–H and O–H groups in total. The zero-order valence-electron chi connectivity index (χ0n) is 15.6. The highest BCUT2D eigenvalue weighted by Gasteiger charge is 2.32. The molecule has 0 spiro atoms. The Balaban J connectivity index is 1.56. The average Bonchev–Trinajstić information content (AvgIpc) is 3.46. The normalized spacial score (nSPS) is 24.4. The van der Waals surface area contributed by atoms with E-state index in [1.807, 2.05) is 6.07 Å². The predicted molar refractivity (Wildman–Crippen MR) is 100.0 cm³/mol. The number of hydrogen-bond acceptors (Lipinski definition) is 6. The number of pyridine rings is 1. The molecule has 3 heterocycles. The standard InChI is InChI=1S/C19H21F2N5O2/c1-26-16(11-7-23-14(10-3-4-10)6-17(11)28-2)5-15(25-26)19(27)24-18-12(20)8-22-9-13(18)21/h5-8,10,13,15,25H,3-4,9H2,1-2H3,(H,24,27). The van der Waals surface area contributed by atoms with Gasteiger partial charge in [0.1, 0.15) is 11.8 Å². The number of halogens is 2. The number of carbonyl (C=O) groups is 1. The summed E-state index contributed by atoms with van der Waals surface area (Å²) < 4.78 is 33.2. The van der Waals surface area contributed by atoms with E-state index in [0.717, 1.165) is 30.3 Å². The summed E-state index contributed by atoms with van der Waals surface area (Å²) in [5, 5.41) is 4.00. The minimum Gasteiger partial charge on any atom is -0.496 e. The number of alkyl halides is 1. The number of amides is 1. The van der Waals surface area contributed by atoms with Crippen molar-refractivity contribution in [3.63, 3.8) is 0 Å². The molecule has 2 atom stereocenters. The summed E-state index contributed by atoms with van der Waals surface area (Å²) >= 11 is 0. The Labute approximate surface area is 161 Å². The average molecular weight is 389 g/mol. The number of dihydropyridines is 1. The maximum Gasteiger partial charge on any atom is 0.247 e. The van der Waals surface area contributed by atoms with E-state index in [1.54, 1.807) is 31.4 Å². The number of aliphatic imine (C=N–C) groups is 1. The molecule has 2 aliphatic heterocycles. The van der Waals surface area contributed by atoms with E-state index in [-0.39, 0.29) is 12.2 Å². The van der Waals surface area contributed by atoms with Crippen molar-refractivity contribution in [1.29, 1.82) is 0 Å². The van der Waals surface area contributed by atoms with Gasteiger partial charge >= 0.3 is 0 Å². The lowest BCUT2D eigenvalue weighted by atomic mass is 10.1. The van der Waals surface area contributed by atoms with Gasteiger partial charge in [-0.05, 0) is 18.9 Å². The Hall–Kier alpha value is -2.81. The molecule has 28 heavy (non-hydrogen) atoms. The van der Waals surface area contributed by atoms with Crippen LogP contribution in [-0.4, -0.2) is 55.0 Å². The van der Waals surface area contributed by atoms with Crippen molar-refractivity contribution in [3.8, 4) is 5.75 Å². The Morgan fingerprint density at radius 2 is 2.21 bits per heavy atom. The highest BCUT2D eigenvalue weighted by atomic mass is 19.1. The lowest BCUT2D eigenvalue weighted by molar-refractivity contribution is -0.122. The van der Waals surface area contributed by atoms with Gasteiger partial charge in [-0.3, -0.25) is 14.8 Å². The van der Waals surface area contributed by atoms with Gasteiger partial charge in [-0.1, -0.05) is 0 Å². The molecular weight excluding hydrogens is 368 g/mol. The number of hydrazine groups is 1. The summed E-state index contributed by atoms with van der Waals surface area (Å²) in [6.45, 7) is -0.210. The van der Waals surface area contributed by atoms with E-state index in [0.29, 0.717) is 17.4 Å². The number of ether oxygens (including phenoxy) is 1. The Kier molecular flexibility index (Phi) is 4.84. The van der Waals surface area contributed by atoms with Crippen molar-refractivity contribution >= 4 is 17.8 Å². The summed E-state index contributed by atoms with van der Waals surface area (Å²) in [6, 6.07) is 1.13. The monoisotopic (exact) mass is 389 g/mol. The van der Waals surface area contributed by atoms with Gasteiger partial charge in [0.2, 0.25) is 5.91 Å². The number of aromatic nitrogens is 1. The number of hydrogen-bond donors (Lipinski definition) is 2. The first-order valence-corrected chi connectivity index (χ1v) is 9.08. The fraction of sp³-hybridized carbons (Fsp3) is 0.421. The molecule has 1 aromatic heterocycles. The van der Waals surface area contributed by atoms with Crippen LogP contribution in [0.4, 0.5) is 8.78 Å². The van der Waals surface area contributed by atoms with Gasteiger partial charge in [-0.2, -0.15) is 0 Å². The van der Waals surface area contributed by atoms with E-state index in [2.05, 4.69) is 20.7 Å². The molecular formula is C19H21F2N5O2. The van der Waals surface area contributed by atoms with E-state index in [4.69, 9.17) is 4.74 Å². The van der Waals surface area contributed by atoms with Crippen LogP contribution in [0.3, 0.4) is 0 Å². The van der Waals surface area contributed by atoms with Crippen LogP contribution in [0, 0.1) is 0 Å². The summed E-state index contributed by atoms with van der Waals surface area (Å²) in [6.07, 6.45) is 4.92. The second-order valence-corrected chi connectivity index (χ2v) is 7.01. The van der Waals surface area contributed by atoms with Crippen LogP contribution in [-0.2, 0) is 4.79 Å². The third kappa shape index (κ3) is 3.49. The number of methoxy groups -OCH3 is 1. The molecule has 4 rings (SSSR count). The van der Waals surface area contributed by atoms with Crippen LogP contribution < -0.4 is 15.5 Å². The molecule has 1 aromatic rings. The Morgan fingerprint density at radius 3 is 2.89 bits per heavy atom. The minimum atomic E-state index is -1.67. The van der Waals surface area contributed by atoms with Crippen LogP contribution in [0.1, 0.15) is 30.0 Å². The van der Waals surface area contributed by atoms with Gasteiger partial charge in [0.15, 0.2) is 12.0 Å². The smallest absolute Gasteiger partial charge is 0.247 e. The molecule has 0 aromatic carbocycles. The summed E-state index contributed by atoms with van der Waals surface area (Å²) in [7, 11) is 3.34. The topological polar surface area (TPSA) is 78.8 Å². The second-order valence-electron chi connectivity index (χ2n) is 7.01. The van der Waals surface area contributed by atoms with Crippen LogP contribution in [0.15, 0.2) is 34.9 Å². The molecule has 1 saturated carbocycles. The molecule has 0 radical (unpaired) electrons. The quantitative estimate of drug-likeness (QED) is 0.804. The largest absolute Gasteiger partial charge is 0.496 e. The van der Waals surface area contributed by atoms with Crippen LogP contribution in [0.2, 0.25) is 0 Å². The second kappa shape index (κ2) is 7.31. The van der Waals surface area contributed by atoms with E-state index < -0.39 is 23.9 Å². The number of carbonyl (C=O) groups excluding carboxylic acids is 1. The van der Waals surface area contributed by atoms with Gasteiger partial charge in [0, 0.05) is 30.9 Å². The first kappa shape index (κ1) is 18.5. The van der Waals surface area contributed by atoms with Crippen molar-refractivity contribution in [2.75, 3.05) is 20.7 Å². The van der Waals surface area contributed by atoms with E-state index in [1.165, 1.54) is 0 Å². The lowest BCUT2D eigenvalue weighted by Crippen LogP contribution is -2.45. The van der Waals surface area contributed by atoms with E-state index in [9.17, 15) is 13.6 Å². The fourth-order valence-electron chi connectivity index (χ4n) is 3.29. The van der Waals surface area contributed by atoms with Crippen LogP contribution in [0.25, 0.3) is 5.70 Å². The summed E-state index contributed by atoms with van der Waals surface area (Å²) in [5.74, 6) is -0.277. The summed E-state index contributed by atoms with van der Waals surface area (Å²) in [4.78, 5) is 20.6. The highest BCUT2D eigenvalue weighted by Crippen LogP contribution is 2.41. The lowest BCUT2D eigenvalue weighted by Gasteiger charge is -2.21. The van der Waals surface area contributed by atoms with Crippen LogP contribution in [0.5, 0.6) is 5.75 Å². The van der Waals surface area contributed by atoms with Gasteiger partial charge < -0.3 is 15.1 Å². The molecule has 0 bridgehead atoms. The third-order valence-electron chi connectivity index (χ3n) is 4.98. The zero-order chi connectivity index (χ0) is 19.8. The molecule has 3 aliphatic rings. The summed E-state index contributed by atoms with van der Waals surface area (Å²) in [5.41, 5.74) is 5.01. The molecule has 9 heteroatoms. The van der Waals surface area contributed by atoms with Crippen molar-refractivity contribution in [3.05, 3.63) is 41.1 Å². The first-order chi connectivity index (χ1) is 13.5. The van der Waals surface area contributed by atoms with Crippen molar-refractivity contribution < 1.29 is 18.3 Å². The van der Waals surface area contributed by atoms with Gasteiger partial charge in [-0.25, -0.2) is 14.2 Å². The Morgan fingerprint density at radius 1 is 1.43 bits per heavy atom. The van der Waals surface area contributed by atoms with Crippen molar-refractivity contribution in [2.45, 2.75) is 31.0 Å². The zero-order valence-corrected chi connectivity index (χ0v) is 15.6. The predicted octanol–water partition coefficient (Wildman–Crippen LogP) is 1.85. The Bertz CT molecular complexity index is 894. The minimum absolute atomic E-state index is 0.210. The van der Waals surface area contributed by atoms with Gasteiger partial charge in [-0.15, -0.1) is 0 Å². The molecule has 1 aliphatic carbocycles. The number of allylic oxidation sites excluding steroid dienone is 1. The third-order valence-corrected chi connectivity index (χ3v) is 4.98. The van der Waals surface area contributed by atoms with Crippen LogP contribution >= 0.6 is 0 Å². The maximum absolute atomic E-state index is 13.9. The van der Waals surface area contributed by atoms with Gasteiger partial charge in [0.25, 0.3) is 0 Å². The highest BCUT2D eigenvalue weighted by molar-refractivity contribution is 5.90. The number of nitrogens with one attached hydrogen (secondary N) is 2. The fourth-order valence-corrected chi connectivity index (χ4v) is 3.29. The van der Waals surface area contributed by atoms with E-state index >= 15 is 0 Å². The molecule has 148 valence electrons. The molecule has 2 unspecified atom stereocenters. The van der Waals surface area contributed by atoms with Crippen molar-refractivity contribution in [1.82, 2.24) is 20.7 Å². The number of nitrogens with zero attached hydrogens (tertiary/aromatic N) is 3. The van der Waals surface area contributed by atoms with Crippen molar-refractivity contribution in [2.24, 2.45) is 4.99 Å². The molecule has 1 fully saturated rings. The maximum atomic E-state index is 13.9. The molecule has 1 amide bonds. The molecule has 7 nitrogen and oxygen atoms in total.